The molecule has 1 fully saturated rings. The molecule has 2 bridgehead atoms. The lowest BCUT2D eigenvalue weighted by atomic mass is 9.82. The SMILES string of the molecule is CO[C@H]1C[C@H]2C(=C[C@@H]1OC(=O)c1cc(Br)cc([N+](=O)[O-])c1)[C@H]1CN2Cc2cc3c(cc21)OCO3. The number of carbonyl (C=O) groups is 1. The largest absolute Gasteiger partial charge is 0.454 e. The summed E-state index contributed by atoms with van der Waals surface area (Å²) in [7, 11) is 1.61. The smallest absolute Gasteiger partial charge is 0.339 e. The van der Waals surface area contributed by atoms with Gasteiger partial charge in [0, 0.05) is 48.8 Å². The number of halogens is 1. The van der Waals surface area contributed by atoms with Crippen molar-refractivity contribution in [3.63, 3.8) is 0 Å². The van der Waals surface area contributed by atoms with E-state index in [4.69, 9.17) is 18.9 Å². The zero-order valence-corrected chi connectivity index (χ0v) is 19.8. The van der Waals surface area contributed by atoms with E-state index in [0.29, 0.717) is 10.9 Å². The summed E-state index contributed by atoms with van der Waals surface area (Å²) in [6, 6.07) is 8.43. The minimum Gasteiger partial charge on any atom is -0.454 e. The molecule has 0 radical (unpaired) electrons. The Labute approximate surface area is 203 Å². The van der Waals surface area contributed by atoms with E-state index >= 15 is 0 Å². The van der Waals surface area contributed by atoms with Gasteiger partial charge in [-0.25, -0.2) is 4.79 Å². The van der Waals surface area contributed by atoms with Crippen molar-refractivity contribution in [2.75, 3.05) is 20.4 Å². The van der Waals surface area contributed by atoms with E-state index in [1.807, 2.05) is 6.08 Å². The minimum absolute atomic E-state index is 0.114. The summed E-state index contributed by atoms with van der Waals surface area (Å²) >= 11 is 3.23. The third-order valence-electron chi connectivity index (χ3n) is 7.08. The number of carbonyl (C=O) groups excluding carboxylic acids is 1. The molecule has 10 heteroatoms. The maximum Gasteiger partial charge on any atom is 0.339 e. The molecule has 0 N–H and O–H groups in total. The van der Waals surface area contributed by atoms with Crippen LogP contribution in [0.4, 0.5) is 5.69 Å². The average molecular weight is 529 g/mol. The Kier molecular flexibility index (Phi) is 5.12. The van der Waals surface area contributed by atoms with Gasteiger partial charge in [-0.15, -0.1) is 0 Å². The molecule has 1 saturated heterocycles. The molecule has 9 nitrogen and oxygen atoms in total. The molecule has 2 aromatic carbocycles. The molecule has 4 aliphatic rings. The summed E-state index contributed by atoms with van der Waals surface area (Å²) < 4.78 is 23.2. The number of nitrogens with zero attached hydrogens (tertiary/aromatic N) is 2. The van der Waals surface area contributed by atoms with Crippen molar-refractivity contribution >= 4 is 27.6 Å². The third-order valence-corrected chi connectivity index (χ3v) is 7.54. The van der Waals surface area contributed by atoms with Crippen molar-refractivity contribution in [2.24, 2.45) is 0 Å². The number of nitro groups is 1. The van der Waals surface area contributed by atoms with Gasteiger partial charge in [0.05, 0.1) is 16.6 Å². The zero-order chi connectivity index (χ0) is 23.6. The Morgan fingerprint density at radius 3 is 2.76 bits per heavy atom. The number of non-ortho nitro benzene ring substituents is 1. The highest BCUT2D eigenvalue weighted by molar-refractivity contribution is 9.10. The van der Waals surface area contributed by atoms with Crippen LogP contribution < -0.4 is 9.47 Å². The van der Waals surface area contributed by atoms with Gasteiger partial charge in [0.25, 0.3) is 5.69 Å². The van der Waals surface area contributed by atoms with Crippen LogP contribution in [0.2, 0.25) is 0 Å². The van der Waals surface area contributed by atoms with Crippen molar-refractivity contribution < 1.29 is 28.7 Å². The molecule has 1 unspecified atom stereocenters. The van der Waals surface area contributed by atoms with Gasteiger partial charge < -0.3 is 18.9 Å². The van der Waals surface area contributed by atoms with Crippen LogP contribution in [-0.2, 0) is 16.0 Å². The van der Waals surface area contributed by atoms with Crippen molar-refractivity contribution in [3.05, 3.63) is 73.3 Å². The fourth-order valence-electron chi connectivity index (χ4n) is 5.54. The van der Waals surface area contributed by atoms with Crippen molar-refractivity contribution in [1.82, 2.24) is 4.90 Å². The Hall–Kier alpha value is -2.95. The topological polar surface area (TPSA) is 100 Å². The lowest BCUT2D eigenvalue weighted by Gasteiger charge is -2.34. The summed E-state index contributed by atoms with van der Waals surface area (Å²) in [6.07, 6.45) is 1.78. The fraction of sp³-hybridized carbons (Fsp3) is 0.375. The zero-order valence-electron chi connectivity index (χ0n) is 18.2. The molecular weight excluding hydrogens is 508 g/mol. The number of fused-ring (bicyclic) bond motifs is 8. The highest BCUT2D eigenvalue weighted by Gasteiger charge is 2.47. The van der Waals surface area contributed by atoms with Crippen molar-refractivity contribution in [2.45, 2.75) is 37.1 Å². The molecule has 5 atom stereocenters. The van der Waals surface area contributed by atoms with Gasteiger partial charge in [-0.1, -0.05) is 15.9 Å². The molecule has 0 saturated carbocycles. The van der Waals surface area contributed by atoms with Crippen molar-refractivity contribution in [3.8, 4) is 11.5 Å². The first-order valence-electron chi connectivity index (χ1n) is 11.0. The van der Waals surface area contributed by atoms with Crippen molar-refractivity contribution in [1.29, 1.82) is 0 Å². The standard InChI is InChI=1S/C24H21BrN2O7/c1-31-20-8-19-17(7-23(20)34-24(28)12-2-14(25)5-15(3-12)27(29)30)18-10-26(19)9-13-4-21-22(6-16(13)18)33-11-32-21/h2-7,18-20,23H,8-11H2,1H3/t18-,19-,20-,23-/m0/s1. The van der Waals surface area contributed by atoms with Gasteiger partial charge in [0.2, 0.25) is 6.79 Å². The first-order valence-corrected chi connectivity index (χ1v) is 11.8. The molecule has 0 spiro atoms. The second-order valence-corrected chi connectivity index (χ2v) is 9.82. The Morgan fingerprint density at radius 1 is 1.21 bits per heavy atom. The quantitative estimate of drug-likeness (QED) is 0.254. The second-order valence-electron chi connectivity index (χ2n) is 8.90. The highest BCUT2D eigenvalue weighted by atomic mass is 79.9. The van der Waals surface area contributed by atoms with Gasteiger partial charge in [0.1, 0.15) is 6.10 Å². The number of ether oxygens (including phenoxy) is 4. The molecular formula is C24H21BrN2O7. The Bertz CT molecular complexity index is 1250. The number of methoxy groups -OCH3 is 1. The number of rotatable bonds is 4. The monoisotopic (exact) mass is 528 g/mol. The minimum atomic E-state index is -0.628. The van der Waals surface area contributed by atoms with Crippen LogP contribution in [0, 0.1) is 10.1 Å². The normalized spacial score (nSPS) is 28.1. The second kappa shape index (κ2) is 8.07. The van der Waals surface area contributed by atoms with Crippen LogP contribution >= 0.6 is 15.9 Å². The predicted molar refractivity (Wildman–Crippen MR) is 123 cm³/mol. The molecule has 0 amide bonds. The lowest BCUT2D eigenvalue weighted by Crippen LogP contribution is -2.42. The van der Waals surface area contributed by atoms with E-state index in [1.54, 1.807) is 7.11 Å². The summed E-state index contributed by atoms with van der Waals surface area (Å²) in [4.78, 5) is 26.1. The van der Waals surface area contributed by atoms with Crippen LogP contribution in [0.25, 0.3) is 0 Å². The van der Waals surface area contributed by atoms with E-state index in [-0.39, 0.29) is 36.1 Å². The highest BCUT2D eigenvalue weighted by Crippen LogP contribution is 2.50. The van der Waals surface area contributed by atoms with Crippen LogP contribution in [0.15, 0.2) is 46.5 Å². The van der Waals surface area contributed by atoms with E-state index < -0.39 is 17.0 Å². The lowest BCUT2D eigenvalue weighted by molar-refractivity contribution is -0.385. The molecule has 6 rings (SSSR count). The summed E-state index contributed by atoms with van der Waals surface area (Å²) in [5.41, 5.74) is 3.59. The molecule has 0 aromatic heterocycles. The number of benzene rings is 2. The molecule has 3 heterocycles. The van der Waals surface area contributed by atoms with E-state index in [9.17, 15) is 14.9 Å². The van der Waals surface area contributed by atoms with Crippen LogP contribution in [0.1, 0.15) is 33.8 Å². The van der Waals surface area contributed by atoms with Gasteiger partial charge in [-0.2, -0.15) is 0 Å². The van der Waals surface area contributed by atoms with E-state index in [1.165, 1.54) is 34.9 Å². The van der Waals surface area contributed by atoms with Gasteiger partial charge >= 0.3 is 5.97 Å². The Balaban J connectivity index is 1.31. The van der Waals surface area contributed by atoms with Gasteiger partial charge in [0.15, 0.2) is 11.5 Å². The van der Waals surface area contributed by atoms with E-state index in [2.05, 4.69) is 33.0 Å². The Morgan fingerprint density at radius 2 is 2.00 bits per heavy atom. The maximum absolute atomic E-state index is 13.0. The van der Waals surface area contributed by atoms with Gasteiger partial charge in [-0.3, -0.25) is 15.0 Å². The van der Waals surface area contributed by atoms with Crippen LogP contribution in [0.5, 0.6) is 11.5 Å². The van der Waals surface area contributed by atoms with Gasteiger partial charge in [-0.05, 0) is 47.4 Å². The molecule has 176 valence electrons. The fourth-order valence-corrected chi connectivity index (χ4v) is 6.02. The summed E-state index contributed by atoms with van der Waals surface area (Å²) in [6.45, 7) is 1.93. The van der Waals surface area contributed by atoms with Crippen LogP contribution in [-0.4, -0.2) is 54.5 Å². The molecule has 34 heavy (non-hydrogen) atoms. The average Bonchev–Trinajstić information content (AvgIpc) is 3.39. The molecule has 2 aromatic rings. The number of hydrogen-bond donors (Lipinski definition) is 0. The summed E-state index contributed by atoms with van der Waals surface area (Å²) in [5.74, 6) is 1.09. The first-order chi connectivity index (χ1) is 16.4. The van der Waals surface area contributed by atoms with E-state index in [0.717, 1.165) is 24.6 Å². The number of nitro benzene ring substituents is 1. The predicted octanol–water partition coefficient (Wildman–Crippen LogP) is 3.94. The first kappa shape index (κ1) is 21.6. The number of esters is 1. The molecule has 3 aliphatic heterocycles. The maximum atomic E-state index is 13.0. The summed E-state index contributed by atoms with van der Waals surface area (Å²) in [5, 5.41) is 11.2. The number of hydrogen-bond acceptors (Lipinski definition) is 8. The third kappa shape index (κ3) is 3.48. The molecule has 1 aliphatic carbocycles. The van der Waals surface area contributed by atoms with Crippen LogP contribution in [0.3, 0.4) is 0 Å².